The Bertz CT molecular complexity index is 683. The molecule has 0 aliphatic carbocycles. The number of ether oxygens (including phenoxy) is 3. The summed E-state index contributed by atoms with van der Waals surface area (Å²) >= 11 is 0. The summed E-state index contributed by atoms with van der Waals surface area (Å²) in [4.78, 5) is 6.90. The van der Waals surface area contributed by atoms with E-state index in [-0.39, 0.29) is 24.0 Å². The summed E-state index contributed by atoms with van der Waals surface area (Å²) in [6.07, 6.45) is 3.55. The molecule has 7 nitrogen and oxygen atoms in total. The molecule has 0 amide bonds. The number of hydrogen-bond acceptors (Lipinski definition) is 5. The molecule has 0 radical (unpaired) electrons. The van der Waals surface area contributed by atoms with Gasteiger partial charge in [0.2, 0.25) is 0 Å². The Morgan fingerprint density at radius 2 is 2.16 bits per heavy atom. The third kappa shape index (κ3) is 8.40. The first-order chi connectivity index (χ1) is 14.7. The fourth-order valence-electron chi connectivity index (χ4n) is 4.11. The smallest absolute Gasteiger partial charge is 0.191 e. The van der Waals surface area contributed by atoms with Gasteiger partial charge in [-0.25, -0.2) is 0 Å². The lowest BCUT2D eigenvalue weighted by molar-refractivity contribution is 0.141. The first kappa shape index (κ1) is 26.2. The predicted octanol–water partition coefficient (Wildman–Crippen LogP) is 2.80. The van der Waals surface area contributed by atoms with Crippen molar-refractivity contribution < 1.29 is 14.2 Å². The summed E-state index contributed by atoms with van der Waals surface area (Å²) in [5, 5.41) is 6.94. The van der Waals surface area contributed by atoms with Crippen LogP contribution in [-0.4, -0.2) is 77.1 Å². The Labute approximate surface area is 204 Å². The Kier molecular flexibility index (Phi) is 11.9. The van der Waals surface area contributed by atoms with Gasteiger partial charge in [-0.3, -0.25) is 9.89 Å². The summed E-state index contributed by atoms with van der Waals surface area (Å²) in [7, 11) is 3.58. The number of guanidine groups is 1. The van der Waals surface area contributed by atoms with Crippen LogP contribution >= 0.6 is 24.0 Å². The van der Waals surface area contributed by atoms with Gasteiger partial charge in [-0.05, 0) is 44.4 Å². The van der Waals surface area contributed by atoms with Gasteiger partial charge in [0.1, 0.15) is 5.75 Å². The second kappa shape index (κ2) is 14.1. The van der Waals surface area contributed by atoms with Gasteiger partial charge in [-0.15, -0.1) is 24.0 Å². The SMILES string of the molecule is CN=C(NCc1ccc(C)cc1OCC1CCOC1)NCC1CCCN1CCOC.I. The lowest BCUT2D eigenvalue weighted by atomic mass is 10.1. The van der Waals surface area contributed by atoms with Crippen LogP contribution in [0.15, 0.2) is 23.2 Å². The minimum absolute atomic E-state index is 0. The summed E-state index contributed by atoms with van der Waals surface area (Å²) in [5.41, 5.74) is 2.35. The highest BCUT2D eigenvalue weighted by Crippen LogP contribution is 2.23. The topological polar surface area (TPSA) is 67.4 Å². The maximum absolute atomic E-state index is 6.16. The van der Waals surface area contributed by atoms with Gasteiger partial charge in [0.25, 0.3) is 0 Å². The summed E-state index contributed by atoms with van der Waals surface area (Å²) < 4.78 is 16.9. The number of aryl methyl sites for hydroxylation is 1. The minimum Gasteiger partial charge on any atom is -0.493 e. The van der Waals surface area contributed by atoms with Crippen LogP contribution < -0.4 is 15.4 Å². The second-order valence-corrected chi connectivity index (χ2v) is 8.28. The van der Waals surface area contributed by atoms with Crippen molar-refractivity contribution in [1.29, 1.82) is 0 Å². The predicted molar refractivity (Wildman–Crippen MR) is 136 cm³/mol. The Hall–Kier alpha value is -1.10. The van der Waals surface area contributed by atoms with E-state index in [1.54, 1.807) is 7.11 Å². The van der Waals surface area contributed by atoms with Crippen molar-refractivity contribution in [3.8, 4) is 5.75 Å². The Morgan fingerprint density at radius 3 is 2.90 bits per heavy atom. The lowest BCUT2D eigenvalue weighted by Gasteiger charge is -2.25. The van der Waals surface area contributed by atoms with Crippen LogP contribution in [0.5, 0.6) is 5.75 Å². The number of benzene rings is 1. The van der Waals surface area contributed by atoms with Crippen molar-refractivity contribution in [2.45, 2.75) is 38.8 Å². The van der Waals surface area contributed by atoms with E-state index in [1.807, 2.05) is 7.05 Å². The highest BCUT2D eigenvalue weighted by atomic mass is 127. The van der Waals surface area contributed by atoms with Crippen molar-refractivity contribution in [2.75, 3.05) is 60.2 Å². The van der Waals surface area contributed by atoms with Gasteiger partial charge in [0, 0.05) is 57.9 Å². The highest BCUT2D eigenvalue weighted by Gasteiger charge is 2.24. The van der Waals surface area contributed by atoms with Gasteiger partial charge >= 0.3 is 0 Å². The first-order valence-corrected chi connectivity index (χ1v) is 11.2. The number of nitrogens with one attached hydrogen (secondary N) is 2. The molecule has 0 bridgehead atoms. The fraction of sp³-hybridized carbons (Fsp3) is 0.696. The number of hydrogen-bond donors (Lipinski definition) is 2. The Morgan fingerprint density at radius 1 is 1.29 bits per heavy atom. The summed E-state index contributed by atoms with van der Waals surface area (Å²) in [6.45, 7) is 8.95. The molecule has 0 aromatic heterocycles. The van der Waals surface area contributed by atoms with Gasteiger partial charge in [0.15, 0.2) is 5.96 Å². The molecule has 2 atom stereocenters. The van der Waals surface area contributed by atoms with E-state index < -0.39 is 0 Å². The molecule has 0 spiro atoms. The van der Waals surface area contributed by atoms with E-state index in [1.165, 1.54) is 18.4 Å². The van der Waals surface area contributed by atoms with Crippen LogP contribution in [0.3, 0.4) is 0 Å². The molecule has 2 N–H and O–H groups in total. The van der Waals surface area contributed by atoms with E-state index in [4.69, 9.17) is 14.2 Å². The van der Waals surface area contributed by atoms with E-state index >= 15 is 0 Å². The molecule has 1 aromatic carbocycles. The van der Waals surface area contributed by atoms with E-state index in [9.17, 15) is 0 Å². The normalized spacial score (nSPS) is 21.7. The highest BCUT2D eigenvalue weighted by molar-refractivity contribution is 14.0. The van der Waals surface area contributed by atoms with Crippen molar-refractivity contribution in [3.05, 3.63) is 29.3 Å². The van der Waals surface area contributed by atoms with Gasteiger partial charge in [0.05, 0.1) is 19.8 Å². The van der Waals surface area contributed by atoms with E-state index in [0.29, 0.717) is 25.1 Å². The molecule has 2 heterocycles. The number of rotatable bonds is 10. The quantitative estimate of drug-likeness (QED) is 0.268. The average molecular weight is 546 g/mol. The zero-order chi connectivity index (χ0) is 21.2. The van der Waals surface area contributed by atoms with Crippen LogP contribution in [-0.2, 0) is 16.0 Å². The van der Waals surface area contributed by atoms with Crippen LogP contribution in [0.1, 0.15) is 30.4 Å². The summed E-state index contributed by atoms with van der Waals surface area (Å²) in [6, 6.07) is 6.92. The zero-order valence-corrected chi connectivity index (χ0v) is 21.5. The average Bonchev–Trinajstić information content (AvgIpc) is 3.43. The third-order valence-electron chi connectivity index (χ3n) is 5.98. The molecule has 8 heteroatoms. The lowest BCUT2D eigenvalue weighted by Crippen LogP contribution is -2.45. The molecular weight excluding hydrogens is 507 g/mol. The van der Waals surface area contributed by atoms with Crippen LogP contribution in [0.25, 0.3) is 0 Å². The number of nitrogens with zero attached hydrogens (tertiary/aromatic N) is 2. The summed E-state index contributed by atoms with van der Waals surface area (Å²) in [5.74, 6) is 2.27. The van der Waals surface area contributed by atoms with E-state index in [0.717, 1.165) is 63.1 Å². The fourth-order valence-corrected chi connectivity index (χ4v) is 4.11. The number of methoxy groups -OCH3 is 1. The first-order valence-electron chi connectivity index (χ1n) is 11.2. The molecule has 2 saturated heterocycles. The molecule has 2 aliphatic heterocycles. The van der Waals surface area contributed by atoms with E-state index in [2.05, 4.69) is 45.6 Å². The number of aliphatic imine (C=N–C) groups is 1. The number of likely N-dealkylation sites (tertiary alicyclic amines) is 1. The maximum Gasteiger partial charge on any atom is 0.191 e. The van der Waals surface area contributed by atoms with Crippen molar-refractivity contribution in [2.24, 2.45) is 10.9 Å². The van der Waals surface area contributed by atoms with Crippen LogP contribution in [0.4, 0.5) is 0 Å². The molecule has 31 heavy (non-hydrogen) atoms. The third-order valence-corrected chi connectivity index (χ3v) is 5.98. The second-order valence-electron chi connectivity index (χ2n) is 8.28. The maximum atomic E-state index is 6.16. The monoisotopic (exact) mass is 546 g/mol. The van der Waals surface area contributed by atoms with Gasteiger partial charge in [-0.1, -0.05) is 12.1 Å². The Balaban J connectivity index is 0.00000341. The van der Waals surface area contributed by atoms with Crippen molar-refractivity contribution in [1.82, 2.24) is 15.5 Å². The molecule has 2 aliphatic rings. The van der Waals surface area contributed by atoms with Gasteiger partial charge in [-0.2, -0.15) is 0 Å². The molecule has 2 unspecified atom stereocenters. The molecule has 0 saturated carbocycles. The van der Waals surface area contributed by atoms with Crippen LogP contribution in [0.2, 0.25) is 0 Å². The van der Waals surface area contributed by atoms with Crippen molar-refractivity contribution >= 4 is 29.9 Å². The van der Waals surface area contributed by atoms with Crippen LogP contribution in [0, 0.1) is 12.8 Å². The zero-order valence-electron chi connectivity index (χ0n) is 19.2. The van der Waals surface area contributed by atoms with Crippen molar-refractivity contribution in [3.63, 3.8) is 0 Å². The molecular formula is C23H39IN4O3. The minimum atomic E-state index is 0. The molecule has 176 valence electrons. The standard InChI is InChI=1S/C23H38N4O3.HI/c1-18-6-7-20(22(13-18)30-17-19-8-11-29-16-19)14-25-23(24-2)26-15-21-5-4-9-27(21)10-12-28-3;/h6-7,13,19,21H,4-5,8-12,14-17H2,1-3H3,(H2,24,25,26);1H. The molecule has 3 rings (SSSR count). The number of halogens is 1. The largest absolute Gasteiger partial charge is 0.493 e. The van der Waals surface area contributed by atoms with Gasteiger partial charge < -0.3 is 24.8 Å². The molecule has 1 aromatic rings. The molecule has 2 fully saturated rings.